The lowest BCUT2D eigenvalue weighted by Gasteiger charge is -2.32. The van der Waals surface area contributed by atoms with Crippen LogP contribution in [0.3, 0.4) is 0 Å². The lowest BCUT2D eigenvalue weighted by molar-refractivity contribution is -0.133. The summed E-state index contributed by atoms with van der Waals surface area (Å²) in [6.07, 6.45) is 11.8. The van der Waals surface area contributed by atoms with Crippen molar-refractivity contribution >= 4 is 24.3 Å². The van der Waals surface area contributed by atoms with Crippen LogP contribution in [-0.2, 0) is 4.79 Å². The normalized spacial score (nSPS) is 20.6. The van der Waals surface area contributed by atoms with Crippen molar-refractivity contribution in [2.24, 2.45) is 5.92 Å². The molecule has 1 aliphatic heterocycles. The molecule has 0 aromatic rings. The summed E-state index contributed by atoms with van der Waals surface area (Å²) in [5, 5.41) is 9.24. The highest BCUT2D eigenvalue weighted by atomic mass is 35.5. The third kappa shape index (κ3) is 9.65. The molecule has 2 rings (SSSR count). The molecule has 6 nitrogen and oxygen atoms in total. The number of amides is 3. The first-order chi connectivity index (χ1) is 12.7. The maximum absolute atomic E-state index is 12.3. The van der Waals surface area contributed by atoms with E-state index in [1.165, 1.54) is 25.7 Å². The number of hydrogen-bond donors (Lipinski definition) is 3. The van der Waals surface area contributed by atoms with Crippen molar-refractivity contribution in [2.45, 2.75) is 76.7 Å². The summed E-state index contributed by atoms with van der Waals surface area (Å²) in [5.74, 6) is 0.901. The van der Waals surface area contributed by atoms with E-state index in [4.69, 9.17) is 0 Å². The molecular formula is C20H39ClN4O2. The van der Waals surface area contributed by atoms with E-state index in [1.807, 2.05) is 11.9 Å². The highest BCUT2D eigenvalue weighted by molar-refractivity contribution is 5.85. The number of nitrogens with one attached hydrogen (secondary N) is 3. The van der Waals surface area contributed by atoms with Gasteiger partial charge in [0, 0.05) is 32.1 Å². The summed E-state index contributed by atoms with van der Waals surface area (Å²) in [4.78, 5) is 26.2. The van der Waals surface area contributed by atoms with Gasteiger partial charge in [0.2, 0.25) is 5.91 Å². The van der Waals surface area contributed by atoms with Gasteiger partial charge in [0.1, 0.15) is 0 Å². The Hall–Kier alpha value is -1.01. The molecule has 0 bridgehead atoms. The van der Waals surface area contributed by atoms with E-state index in [0.29, 0.717) is 30.8 Å². The van der Waals surface area contributed by atoms with E-state index in [1.54, 1.807) is 0 Å². The first-order valence-corrected chi connectivity index (χ1v) is 10.7. The fourth-order valence-electron chi connectivity index (χ4n) is 4.17. The fraction of sp³-hybridized carbons (Fsp3) is 0.900. The maximum Gasteiger partial charge on any atom is 0.315 e. The first-order valence-electron chi connectivity index (χ1n) is 10.7. The number of likely N-dealkylation sites (tertiary alicyclic amines) is 1. The second-order valence-electron chi connectivity index (χ2n) is 7.95. The molecule has 0 aromatic heterocycles. The molecule has 0 aromatic carbocycles. The van der Waals surface area contributed by atoms with Crippen molar-refractivity contribution in [3.63, 3.8) is 0 Å². The summed E-state index contributed by atoms with van der Waals surface area (Å²) in [5.41, 5.74) is 0. The summed E-state index contributed by atoms with van der Waals surface area (Å²) in [6, 6.07) is 0.328. The molecule has 2 aliphatic rings. The van der Waals surface area contributed by atoms with Crippen LogP contribution in [0.4, 0.5) is 4.79 Å². The van der Waals surface area contributed by atoms with Crippen molar-refractivity contribution in [3.8, 4) is 0 Å². The van der Waals surface area contributed by atoms with Crippen LogP contribution >= 0.6 is 12.4 Å². The highest BCUT2D eigenvalue weighted by Crippen LogP contribution is 2.18. The van der Waals surface area contributed by atoms with Gasteiger partial charge in [-0.25, -0.2) is 4.79 Å². The number of carbonyl (C=O) groups is 2. The van der Waals surface area contributed by atoms with Crippen molar-refractivity contribution in [2.75, 3.05) is 33.2 Å². The molecule has 27 heavy (non-hydrogen) atoms. The molecule has 0 radical (unpaired) electrons. The molecule has 1 saturated heterocycles. The lowest BCUT2D eigenvalue weighted by atomic mass is 9.96. The Labute approximate surface area is 171 Å². The Bertz CT molecular complexity index is 428. The number of rotatable bonds is 9. The standard InChI is InChI=1S/C20H38N4O2.ClH/c1-21-15-17-9-8-14-24(16-17)19(25)12-6-3-7-13-22-20(26)23-18-10-4-2-5-11-18;/h17-18,21H,2-16H2,1H3,(H2,22,23,26);1H. The molecule has 1 unspecified atom stereocenters. The second kappa shape index (κ2) is 14.1. The minimum absolute atomic E-state index is 0. The second-order valence-corrected chi connectivity index (χ2v) is 7.95. The predicted molar refractivity (Wildman–Crippen MR) is 112 cm³/mol. The molecular weight excluding hydrogens is 364 g/mol. The molecule has 3 N–H and O–H groups in total. The maximum atomic E-state index is 12.3. The van der Waals surface area contributed by atoms with E-state index in [-0.39, 0.29) is 18.4 Å². The predicted octanol–water partition coefficient (Wildman–Crippen LogP) is 3.06. The number of halogens is 1. The summed E-state index contributed by atoms with van der Waals surface area (Å²) < 4.78 is 0. The zero-order chi connectivity index (χ0) is 18.6. The SMILES string of the molecule is CNCC1CCCN(C(=O)CCCCCNC(=O)NC2CCCCC2)C1.Cl. The molecule has 2 fully saturated rings. The lowest BCUT2D eigenvalue weighted by Crippen LogP contribution is -2.43. The van der Waals surface area contributed by atoms with E-state index in [2.05, 4.69) is 16.0 Å². The van der Waals surface area contributed by atoms with Crippen LogP contribution in [0.5, 0.6) is 0 Å². The largest absolute Gasteiger partial charge is 0.342 e. The average molecular weight is 403 g/mol. The van der Waals surface area contributed by atoms with Crippen LogP contribution in [0.25, 0.3) is 0 Å². The van der Waals surface area contributed by atoms with Gasteiger partial charge in [-0.1, -0.05) is 25.7 Å². The van der Waals surface area contributed by atoms with Crippen LogP contribution in [0.2, 0.25) is 0 Å². The Morgan fingerprint density at radius 2 is 1.78 bits per heavy atom. The topological polar surface area (TPSA) is 73.5 Å². The number of hydrogen-bond acceptors (Lipinski definition) is 3. The van der Waals surface area contributed by atoms with Gasteiger partial charge in [0.05, 0.1) is 0 Å². The van der Waals surface area contributed by atoms with Gasteiger partial charge in [-0.3, -0.25) is 4.79 Å². The Balaban J connectivity index is 0.00000364. The van der Waals surface area contributed by atoms with Gasteiger partial charge in [-0.15, -0.1) is 12.4 Å². The van der Waals surface area contributed by atoms with Crippen molar-refractivity contribution < 1.29 is 9.59 Å². The zero-order valence-electron chi connectivity index (χ0n) is 16.9. The Morgan fingerprint density at radius 3 is 2.52 bits per heavy atom. The van der Waals surface area contributed by atoms with E-state index in [9.17, 15) is 9.59 Å². The van der Waals surface area contributed by atoms with Gasteiger partial charge in [-0.2, -0.15) is 0 Å². The number of nitrogens with zero attached hydrogens (tertiary/aromatic N) is 1. The molecule has 158 valence electrons. The molecule has 1 aliphatic carbocycles. The van der Waals surface area contributed by atoms with Crippen molar-refractivity contribution in [1.29, 1.82) is 0 Å². The number of carbonyl (C=O) groups excluding carboxylic acids is 2. The number of urea groups is 1. The molecule has 1 saturated carbocycles. The molecule has 7 heteroatoms. The fourth-order valence-corrected chi connectivity index (χ4v) is 4.17. The Kier molecular flexibility index (Phi) is 12.5. The summed E-state index contributed by atoms with van der Waals surface area (Å²) in [6.45, 7) is 3.52. The minimum atomic E-state index is -0.0307. The molecule has 0 spiro atoms. The van der Waals surface area contributed by atoms with Crippen molar-refractivity contribution in [3.05, 3.63) is 0 Å². The summed E-state index contributed by atoms with van der Waals surface area (Å²) >= 11 is 0. The molecule has 1 heterocycles. The van der Waals surface area contributed by atoms with E-state index < -0.39 is 0 Å². The first kappa shape index (κ1) is 24.0. The van der Waals surface area contributed by atoms with Gasteiger partial charge >= 0.3 is 6.03 Å². The van der Waals surface area contributed by atoms with E-state index >= 15 is 0 Å². The van der Waals surface area contributed by atoms with Gasteiger partial charge < -0.3 is 20.9 Å². The van der Waals surface area contributed by atoms with Gasteiger partial charge in [0.25, 0.3) is 0 Å². The smallest absolute Gasteiger partial charge is 0.315 e. The highest BCUT2D eigenvalue weighted by Gasteiger charge is 2.22. The Morgan fingerprint density at radius 1 is 1.00 bits per heavy atom. The van der Waals surface area contributed by atoms with Gasteiger partial charge in [0.15, 0.2) is 0 Å². The van der Waals surface area contributed by atoms with Crippen molar-refractivity contribution in [1.82, 2.24) is 20.9 Å². The molecule has 1 atom stereocenters. The quantitative estimate of drug-likeness (QED) is 0.519. The van der Waals surface area contributed by atoms with Crippen LogP contribution in [0.15, 0.2) is 0 Å². The number of piperidine rings is 1. The van der Waals surface area contributed by atoms with Crippen LogP contribution in [0, 0.1) is 5.92 Å². The van der Waals surface area contributed by atoms with Crippen LogP contribution < -0.4 is 16.0 Å². The van der Waals surface area contributed by atoms with Gasteiger partial charge in [-0.05, 0) is 58.0 Å². The van der Waals surface area contributed by atoms with E-state index in [0.717, 1.165) is 58.2 Å². The third-order valence-electron chi connectivity index (χ3n) is 5.66. The zero-order valence-corrected chi connectivity index (χ0v) is 17.7. The van der Waals surface area contributed by atoms with Crippen LogP contribution in [-0.4, -0.2) is 56.1 Å². The summed E-state index contributed by atoms with van der Waals surface area (Å²) in [7, 11) is 1.98. The minimum Gasteiger partial charge on any atom is -0.342 e. The van der Waals surface area contributed by atoms with Crippen LogP contribution in [0.1, 0.15) is 70.6 Å². The average Bonchev–Trinajstić information content (AvgIpc) is 2.65. The monoisotopic (exact) mass is 402 g/mol. The number of unbranched alkanes of at least 4 members (excludes halogenated alkanes) is 2. The molecule has 3 amide bonds. The third-order valence-corrected chi connectivity index (χ3v) is 5.66.